The number of fused-ring (bicyclic) bond motifs is 1. The molecule has 0 bridgehead atoms. The summed E-state index contributed by atoms with van der Waals surface area (Å²) in [6.45, 7) is 5.76. The van der Waals surface area contributed by atoms with E-state index < -0.39 is 18.5 Å². The Morgan fingerprint density at radius 1 is 1.03 bits per heavy atom. The van der Waals surface area contributed by atoms with Crippen LogP contribution in [0.5, 0.6) is 0 Å². The summed E-state index contributed by atoms with van der Waals surface area (Å²) in [7, 11) is 0. The average molecular weight is 451 g/mol. The van der Waals surface area contributed by atoms with Crippen LogP contribution in [0.15, 0.2) is 42.5 Å². The summed E-state index contributed by atoms with van der Waals surface area (Å²) in [5.74, 6) is -1.29. The van der Waals surface area contributed by atoms with Crippen LogP contribution in [-0.4, -0.2) is 63.7 Å². The fraction of sp³-hybridized carbons (Fsp3) is 0.481. The second kappa shape index (κ2) is 10.5. The van der Waals surface area contributed by atoms with E-state index in [1.165, 1.54) is 41.6 Å². The third kappa shape index (κ3) is 6.01. The van der Waals surface area contributed by atoms with E-state index in [4.69, 9.17) is 5.11 Å². The quantitative estimate of drug-likeness (QED) is 0.644. The molecule has 2 aliphatic heterocycles. The Hall–Kier alpha value is -2.70. The number of carboxylic acids is 1. The van der Waals surface area contributed by atoms with Crippen molar-refractivity contribution in [3.63, 3.8) is 0 Å². The number of aliphatic hydroxyl groups is 1. The van der Waals surface area contributed by atoms with Crippen LogP contribution in [0.4, 0.5) is 0 Å². The fourth-order valence-corrected chi connectivity index (χ4v) is 5.01. The van der Waals surface area contributed by atoms with Crippen molar-refractivity contribution in [3.8, 4) is 11.1 Å². The molecule has 1 fully saturated rings. The Labute approximate surface area is 195 Å². The molecule has 33 heavy (non-hydrogen) atoms. The highest BCUT2D eigenvalue weighted by Gasteiger charge is 2.24. The molecule has 0 radical (unpaired) electrons. The average Bonchev–Trinajstić information content (AvgIpc) is 3.21. The van der Waals surface area contributed by atoms with E-state index >= 15 is 0 Å². The van der Waals surface area contributed by atoms with Crippen molar-refractivity contribution >= 4 is 11.9 Å². The van der Waals surface area contributed by atoms with E-state index in [2.05, 4.69) is 54.3 Å². The molecule has 2 heterocycles. The van der Waals surface area contributed by atoms with E-state index in [0.29, 0.717) is 19.1 Å². The van der Waals surface area contributed by atoms with Gasteiger partial charge in [-0.25, -0.2) is 0 Å². The summed E-state index contributed by atoms with van der Waals surface area (Å²) in [6, 6.07) is 16.0. The second-order valence-electron chi connectivity index (χ2n) is 9.48. The van der Waals surface area contributed by atoms with Crippen LogP contribution in [0, 0.1) is 0 Å². The number of carboxylic acid groups (broad SMARTS) is 1. The topological polar surface area (TPSA) is 81.1 Å². The lowest BCUT2D eigenvalue weighted by Gasteiger charge is -2.30. The Morgan fingerprint density at radius 3 is 2.48 bits per heavy atom. The van der Waals surface area contributed by atoms with Gasteiger partial charge in [0.25, 0.3) is 0 Å². The number of carbonyl (C=O) groups is 2. The van der Waals surface area contributed by atoms with E-state index in [0.717, 1.165) is 24.9 Å². The van der Waals surface area contributed by atoms with Crippen LogP contribution in [0.3, 0.4) is 0 Å². The number of hydrogen-bond acceptors (Lipinski definition) is 4. The van der Waals surface area contributed by atoms with Gasteiger partial charge < -0.3 is 20.0 Å². The van der Waals surface area contributed by atoms with Crippen LogP contribution in [-0.2, 0) is 29.0 Å². The maximum absolute atomic E-state index is 12.4. The molecule has 176 valence electrons. The molecule has 0 saturated carbocycles. The van der Waals surface area contributed by atoms with Crippen LogP contribution in [0.2, 0.25) is 0 Å². The smallest absolute Gasteiger partial charge is 0.305 e. The van der Waals surface area contributed by atoms with E-state index in [1.807, 2.05) is 0 Å². The highest BCUT2D eigenvalue weighted by Crippen LogP contribution is 2.27. The molecule has 4 rings (SSSR count). The van der Waals surface area contributed by atoms with E-state index in [9.17, 15) is 14.7 Å². The van der Waals surface area contributed by atoms with Gasteiger partial charge in [0.1, 0.15) is 0 Å². The van der Waals surface area contributed by atoms with Crippen LogP contribution in [0.25, 0.3) is 11.1 Å². The first kappa shape index (κ1) is 23.5. The van der Waals surface area contributed by atoms with E-state index in [1.54, 1.807) is 4.90 Å². The first-order valence-corrected chi connectivity index (χ1v) is 12.0. The normalized spacial score (nSPS) is 19.3. The number of aliphatic carboxylic acids is 1. The largest absolute Gasteiger partial charge is 0.481 e. The monoisotopic (exact) mass is 450 g/mol. The minimum absolute atomic E-state index is 0.150. The van der Waals surface area contributed by atoms with Gasteiger partial charge in [0, 0.05) is 25.7 Å². The molecule has 0 spiro atoms. The molecule has 2 aromatic rings. The maximum Gasteiger partial charge on any atom is 0.305 e. The van der Waals surface area contributed by atoms with Gasteiger partial charge in [-0.2, -0.15) is 0 Å². The predicted octanol–water partition coefficient (Wildman–Crippen LogP) is 3.49. The zero-order chi connectivity index (χ0) is 23.4. The van der Waals surface area contributed by atoms with Crippen molar-refractivity contribution in [1.29, 1.82) is 0 Å². The SMILES string of the molecule is C[C@@H]1CCCN1CCc1ccc(-c2ccc3c(c2)CCN(C(=O)CC(O)CC(=O)O)C3)cc1. The number of hydrogen-bond donors (Lipinski definition) is 2. The Morgan fingerprint density at radius 2 is 1.79 bits per heavy atom. The van der Waals surface area contributed by atoms with Crippen LogP contribution >= 0.6 is 0 Å². The molecule has 1 unspecified atom stereocenters. The van der Waals surface area contributed by atoms with Crippen LogP contribution < -0.4 is 0 Å². The first-order chi connectivity index (χ1) is 15.9. The molecule has 0 aliphatic carbocycles. The lowest BCUT2D eigenvalue weighted by Crippen LogP contribution is -2.37. The molecule has 2 N–H and O–H groups in total. The standard InChI is InChI=1S/C27H34N2O4/c1-19-3-2-12-28(19)13-10-20-4-6-21(7-5-20)22-8-9-24-18-29(14-11-23(24)15-22)26(31)16-25(30)17-27(32)33/h4-9,15,19,25,30H,2-3,10-14,16-18H2,1H3,(H,32,33)/t19-,25?/m1/s1. The molecule has 2 aliphatic rings. The Balaban J connectivity index is 1.35. The van der Waals surface area contributed by atoms with Crippen molar-refractivity contribution in [2.24, 2.45) is 0 Å². The van der Waals surface area contributed by atoms with Gasteiger partial charge in [0.05, 0.1) is 18.9 Å². The Kier molecular flexibility index (Phi) is 7.46. The molecular weight excluding hydrogens is 416 g/mol. The van der Waals surface area contributed by atoms with Crippen molar-refractivity contribution in [2.75, 3.05) is 19.6 Å². The number of carbonyl (C=O) groups excluding carboxylic acids is 1. The van der Waals surface area contributed by atoms with E-state index in [-0.39, 0.29) is 12.3 Å². The number of nitrogens with zero attached hydrogens (tertiary/aromatic N) is 2. The van der Waals surface area contributed by atoms with Gasteiger partial charge in [-0.3, -0.25) is 9.59 Å². The predicted molar refractivity (Wildman–Crippen MR) is 128 cm³/mol. The lowest BCUT2D eigenvalue weighted by molar-refractivity contribution is -0.140. The summed E-state index contributed by atoms with van der Waals surface area (Å²) >= 11 is 0. The molecular formula is C27H34N2O4. The lowest BCUT2D eigenvalue weighted by atomic mass is 9.94. The number of amides is 1. The molecule has 1 saturated heterocycles. The minimum atomic E-state index is -1.14. The number of benzene rings is 2. The van der Waals surface area contributed by atoms with Gasteiger partial charge in [-0.15, -0.1) is 0 Å². The number of rotatable bonds is 8. The highest BCUT2D eigenvalue weighted by molar-refractivity contribution is 5.78. The van der Waals surface area contributed by atoms with Gasteiger partial charge in [0.15, 0.2) is 0 Å². The molecule has 6 nitrogen and oxygen atoms in total. The van der Waals surface area contributed by atoms with Gasteiger partial charge in [0.2, 0.25) is 5.91 Å². The van der Waals surface area contributed by atoms with Crippen molar-refractivity contribution in [2.45, 2.75) is 64.1 Å². The van der Waals surface area contributed by atoms with Gasteiger partial charge in [-0.05, 0) is 67.0 Å². The minimum Gasteiger partial charge on any atom is -0.481 e. The van der Waals surface area contributed by atoms with Crippen molar-refractivity contribution in [3.05, 3.63) is 59.2 Å². The summed E-state index contributed by atoms with van der Waals surface area (Å²) in [6.07, 6.45) is 2.78. The fourth-order valence-electron chi connectivity index (χ4n) is 5.01. The number of aliphatic hydroxyl groups excluding tert-OH is 1. The van der Waals surface area contributed by atoms with Gasteiger partial charge in [-0.1, -0.05) is 42.5 Å². The second-order valence-corrected chi connectivity index (χ2v) is 9.48. The van der Waals surface area contributed by atoms with Gasteiger partial charge >= 0.3 is 5.97 Å². The van der Waals surface area contributed by atoms with Crippen molar-refractivity contribution in [1.82, 2.24) is 9.80 Å². The summed E-state index contributed by atoms with van der Waals surface area (Å²) < 4.78 is 0. The molecule has 2 atom stereocenters. The molecule has 6 heteroatoms. The highest BCUT2D eigenvalue weighted by atomic mass is 16.4. The number of likely N-dealkylation sites (tertiary alicyclic amines) is 1. The zero-order valence-corrected chi connectivity index (χ0v) is 19.4. The first-order valence-electron chi connectivity index (χ1n) is 12.0. The molecule has 0 aromatic heterocycles. The Bertz CT molecular complexity index is 988. The third-order valence-corrected chi connectivity index (χ3v) is 7.06. The maximum atomic E-state index is 12.4. The summed E-state index contributed by atoms with van der Waals surface area (Å²) in [4.78, 5) is 27.4. The molecule has 2 aromatic carbocycles. The zero-order valence-electron chi connectivity index (χ0n) is 19.4. The summed E-state index contributed by atoms with van der Waals surface area (Å²) in [5.41, 5.74) is 6.11. The summed E-state index contributed by atoms with van der Waals surface area (Å²) in [5, 5.41) is 18.5. The third-order valence-electron chi connectivity index (χ3n) is 7.06. The van der Waals surface area contributed by atoms with Crippen molar-refractivity contribution < 1.29 is 19.8 Å². The molecule has 1 amide bonds. The van der Waals surface area contributed by atoms with Crippen LogP contribution in [0.1, 0.15) is 49.3 Å².